The summed E-state index contributed by atoms with van der Waals surface area (Å²) in [5.41, 5.74) is 0.631. The van der Waals surface area contributed by atoms with Crippen LogP contribution in [-0.4, -0.2) is 23.0 Å². The standard InChI is InChI=1S/C12H10F2N2O2/c1-6-10(12(17)18-2)16-11(15-6)8-4-3-7(13)5-9(8)14/h3-5H,1-2H3,(H,15,16). The van der Waals surface area contributed by atoms with Gasteiger partial charge >= 0.3 is 5.97 Å². The summed E-state index contributed by atoms with van der Waals surface area (Å²) in [5, 5.41) is 0. The molecule has 1 aromatic carbocycles. The lowest BCUT2D eigenvalue weighted by molar-refractivity contribution is 0.0594. The fourth-order valence-electron chi connectivity index (χ4n) is 1.56. The number of imidazole rings is 1. The largest absolute Gasteiger partial charge is 0.464 e. The molecule has 94 valence electrons. The van der Waals surface area contributed by atoms with Crippen LogP contribution in [0.15, 0.2) is 18.2 Å². The van der Waals surface area contributed by atoms with Crippen LogP contribution in [0.1, 0.15) is 16.2 Å². The van der Waals surface area contributed by atoms with Crippen molar-refractivity contribution in [1.29, 1.82) is 0 Å². The molecule has 0 radical (unpaired) electrons. The molecule has 0 aliphatic heterocycles. The zero-order valence-electron chi connectivity index (χ0n) is 9.75. The highest BCUT2D eigenvalue weighted by atomic mass is 19.1. The lowest BCUT2D eigenvalue weighted by Gasteiger charge is -1.98. The average molecular weight is 252 g/mol. The van der Waals surface area contributed by atoms with E-state index in [2.05, 4.69) is 14.7 Å². The predicted octanol–water partition coefficient (Wildman–Crippen LogP) is 2.45. The summed E-state index contributed by atoms with van der Waals surface area (Å²) in [7, 11) is 1.23. The zero-order chi connectivity index (χ0) is 13.3. The highest BCUT2D eigenvalue weighted by Gasteiger charge is 2.17. The molecule has 2 aromatic rings. The lowest BCUT2D eigenvalue weighted by atomic mass is 10.2. The fraction of sp³-hybridized carbons (Fsp3) is 0.167. The molecule has 0 saturated heterocycles. The van der Waals surface area contributed by atoms with E-state index >= 15 is 0 Å². The second-order valence-corrected chi connectivity index (χ2v) is 3.67. The molecule has 0 spiro atoms. The molecule has 1 aromatic heterocycles. The van der Waals surface area contributed by atoms with Gasteiger partial charge in [0.2, 0.25) is 0 Å². The van der Waals surface area contributed by atoms with E-state index in [-0.39, 0.29) is 17.1 Å². The second-order valence-electron chi connectivity index (χ2n) is 3.67. The van der Waals surface area contributed by atoms with Crippen molar-refractivity contribution in [1.82, 2.24) is 9.97 Å². The van der Waals surface area contributed by atoms with Crippen LogP contribution in [0.25, 0.3) is 11.4 Å². The molecule has 1 heterocycles. The average Bonchev–Trinajstić information content (AvgIpc) is 2.70. The van der Waals surface area contributed by atoms with Crippen molar-refractivity contribution in [2.45, 2.75) is 6.92 Å². The van der Waals surface area contributed by atoms with Gasteiger partial charge in [-0.05, 0) is 19.1 Å². The number of rotatable bonds is 2. The highest BCUT2D eigenvalue weighted by molar-refractivity contribution is 5.89. The topological polar surface area (TPSA) is 55.0 Å². The quantitative estimate of drug-likeness (QED) is 0.835. The lowest BCUT2D eigenvalue weighted by Crippen LogP contribution is -2.03. The molecule has 18 heavy (non-hydrogen) atoms. The Morgan fingerprint density at radius 1 is 1.39 bits per heavy atom. The first kappa shape index (κ1) is 12.2. The minimum absolute atomic E-state index is 0.0798. The van der Waals surface area contributed by atoms with Crippen molar-refractivity contribution >= 4 is 5.97 Å². The van der Waals surface area contributed by atoms with Crippen LogP contribution in [-0.2, 0) is 4.74 Å². The molecular formula is C12H10F2N2O2. The predicted molar refractivity (Wildman–Crippen MR) is 60.0 cm³/mol. The van der Waals surface area contributed by atoms with Gasteiger partial charge in [0.05, 0.1) is 12.7 Å². The van der Waals surface area contributed by atoms with Crippen molar-refractivity contribution in [2.24, 2.45) is 0 Å². The SMILES string of the molecule is COC(=O)c1nc(-c2ccc(F)cc2F)[nH]c1C. The number of nitrogens with zero attached hydrogens (tertiary/aromatic N) is 1. The number of carbonyl (C=O) groups excluding carboxylic acids is 1. The van der Waals surface area contributed by atoms with Crippen molar-refractivity contribution < 1.29 is 18.3 Å². The Morgan fingerprint density at radius 3 is 2.72 bits per heavy atom. The van der Waals surface area contributed by atoms with E-state index in [1.54, 1.807) is 6.92 Å². The summed E-state index contributed by atoms with van der Waals surface area (Å²) in [5.74, 6) is -1.88. The van der Waals surface area contributed by atoms with Gasteiger partial charge in [0.1, 0.15) is 17.5 Å². The molecule has 0 bridgehead atoms. The normalized spacial score (nSPS) is 10.4. The minimum atomic E-state index is -0.750. The van der Waals surface area contributed by atoms with E-state index in [9.17, 15) is 13.6 Å². The summed E-state index contributed by atoms with van der Waals surface area (Å²) in [4.78, 5) is 18.1. The Hall–Kier alpha value is -2.24. The van der Waals surface area contributed by atoms with Gasteiger partial charge in [0.15, 0.2) is 5.69 Å². The van der Waals surface area contributed by atoms with Crippen LogP contribution >= 0.6 is 0 Å². The van der Waals surface area contributed by atoms with Gasteiger partial charge in [0, 0.05) is 11.8 Å². The molecule has 0 fully saturated rings. The number of esters is 1. The van der Waals surface area contributed by atoms with Crippen molar-refractivity contribution in [3.8, 4) is 11.4 Å². The number of carbonyl (C=O) groups is 1. The molecule has 1 N–H and O–H groups in total. The molecule has 2 rings (SSSR count). The van der Waals surface area contributed by atoms with Crippen molar-refractivity contribution in [3.05, 3.63) is 41.2 Å². The first-order chi connectivity index (χ1) is 8.52. The molecule has 4 nitrogen and oxygen atoms in total. The number of nitrogens with one attached hydrogen (secondary N) is 1. The van der Waals surface area contributed by atoms with E-state index in [1.165, 1.54) is 13.2 Å². The first-order valence-corrected chi connectivity index (χ1v) is 5.13. The summed E-state index contributed by atoms with van der Waals surface area (Å²) >= 11 is 0. The van der Waals surface area contributed by atoms with Crippen LogP contribution in [0, 0.1) is 18.6 Å². The minimum Gasteiger partial charge on any atom is -0.464 e. The van der Waals surface area contributed by atoms with Gasteiger partial charge in [-0.15, -0.1) is 0 Å². The molecule has 0 aliphatic carbocycles. The molecule has 0 saturated carbocycles. The third kappa shape index (κ3) is 2.09. The molecule has 6 heteroatoms. The molecular weight excluding hydrogens is 242 g/mol. The zero-order valence-corrected chi connectivity index (χ0v) is 9.75. The van der Waals surface area contributed by atoms with Crippen LogP contribution in [0.4, 0.5) is 8.78 Å². The van der Waals surface area contributed by atoms with Crippen LogP contribution in [0.2, 0.25) is 0 Å². The maximum atomic E-state index is 13.5. The fourth-order valence-corrected chi connectivity index (χ4v) is 1.56. The van der Waals surface area contributed by atoms with E-state index in [0.717, 1.165) is 12.1 Å². The van der Waals surface area contributed by atoms with Gasteiger partial charge in [-0.1, -0.05) is 0 Å². The number of H-pyrrole nitrogens is 1. The number of hydrogen-bond acceptors (Lipinski definition) is 3. The summed E-state index contributed by atoms with van der Waals surface area (Å²) in [6, 6.07) is 3.13. The van der Waals surface area contributed by atoms with Gasteiger partial charge in [-0.3, -0.25) is 0 Å². The maximum Gasteiger partial charge on any atom is 0.358 e. The van der Waals surface area contributed by atoms with Gasteiger partial charge in [-0.2, -0.15) is 0 Å². The maximum absolute atomic E-state index is 13.5. The number of aromatic nitrogens is 2. The van der Waals surface area contributed by atoms with Crippen LogP contribution in [0.3, 0.4) is 0 Å². The summed E-state index contributed by atoms with van der Waals surface area (Å²) in [6.45, 7) is 1.62. The van der Waals surface area contributed by atoms with Crippen molar-refractivity contribution in [3.63, 3.8) is 0 Å². The molecule has 0 unspecified atom stereocenters. The number of hydrogen-bond donors (Lipinski definition) is 1. The highest BCUT2D eigenvalue weighted by Crippen LogP contribution is 2.22. The van der Waals surface area contributed by atoms with Gasteiger partial charge in [-0.25, -0.2) is 18.6 Å². The molecule has 0 amide bonds. The second kappa shape index (κ2) is 4.56. The number of ether oxygens (including phenoxy) is 1. The Bertz CT molecular complexity index is 608. The molecule has 0 aliphatic rings. The van der Waals surface area contributed by atoms with Gasteiger partial charge in [0.25, 0.3) is 0 Å². The number of halogens is 2. The van der Waals surface area contributed by atoms with Crippen LogP contribution in [0.5, 0.6) is 0 Å². The number of methoxy groups -OCH3 is 1. The van der Waals surface area contributed by atoms with Crippen molar-refractivity contribution in [2.75, 3.05) is 7.11 Å². The number of benzene rings is 1. The Balaban J connectivity index is 2.49. The van der Waals surface area contributed by atoms with E-state index in [4.69, 9.17) is 0 Å². The smallest absolute Gasteiger partial charge is 0.358 e. The molecule has 0 atom stereocenters. The monoisotopic (exact) mass is 252 g/mol. The number of aromatic amines is 1. The van der Waals surface area contributed by atoms with E-state index in [0.29, 0.717) is 5.69 Å². The summed E-state index contributed by atoms with van der Waals surface area (Å²) in [6.07, 6.45) is 0. The van der Waals surface area contributed by atoms with E-state index < -0.39 is 17.6 Å². The van der Waals surface area contributed by atoms with Crippen LogP contribution < -0.4 is 0 Å². The Labute approximate surface area is 102 Å². The third-order valence-electron chi connectivity index (χ3n) is 2.45. The first-order valence-electron chi connectivity index (χ1n) is 5.13. The number of aryl methyl sites for hydroxylation is 1. The Morgan fingerprint density at radius 2 is 2.11 bits per heavy atom. The van der Waals surface area contributed by atoms with E-state index in [1.807, 2.05) is 0 Å². The van der Waals surface area contributed by atoms with Gasteiger partial charge < -0.3 is 9.72 Å². The Kier molecular flexibility index (Phi) is 3.10. The third-order valence-corrected chi connectivity index (χ3v) is 2.45. The summed E-state index contributed by atoms with van der Waals surface area (Å²) < 4.78 is 30.9.